The molecule has 70 valence electrons. The molecule has 0 spiro atoms. The minimum Gasteiger partial charge on any atom is -0.336 e. The summed E-state index contributed by atoms with van der Waals surface area (Å²) in [7, 11) is 0. The van der Waals surface area contributed by atoms with Crippen LogP contribution in [0.4, 0.5) is 4.39 Å². The molecule has 0 fully saturated rings. The van der Waals surface area contributed by atoms with E-state index in [0.717, 1.165) is 6.20 Å². The first kappa shape index (κ1) is 8.55. The zero-order chi connectivity index (χ0) is 9.97. The molecule has 0 atom stereocenters. The largest absolute Gasteiger partial charge is 0.336 e. The van der Waals surface area contributed by atoms with Crippen molar-refractivity contribution in [3.05, 3.63) is 36.2 Å². The van der Waals surface area contributed by atoms with Gasteiger partial charge in [0.05, 0.1) is 18.1 Å². The van der Waals surface area contributed by atoms with Crippen molar-refractivity contribution in [2.75, 3.05) is 0 Å². The van der Waals surface area contributed by atoms with Crippen molar-refractivity contribution in [2.24, 2.45) is 0 Å². The van der Waals surface area contributed by atoms with Crippen LogP contribution in [0.15, 0.2) is 24.7 Å². The molecule has 0 aliphatic rings. The fraction of sp³-hybridized carbons (Fsp3) is 0. The molecule has 0 saturated carbocycles. The van der Waals surface area contributed by atoms with Gasteiger partial charge in [-0.25, -0.2) is 9.37 Å². The number of pyridine rings is 1. The minimum atomic E-state index is -0.438. The number of nitrogens with one attached hydrogen (secondary N) is 1. The van der Waals surface area contributed by atoms with Crippen molar-refractivity contribution >= 4 is 6.29 Å². The van der Waals surface area contributed by atoms with E-state index in [-0.39, 0.29) is 0 Å². The van der Waals surface area contributed by atoms with Crippen molar-refractivity contribution in [3.63, 3.8) is 0 Å². The number of carbonyl (C=O) groups excluding carboxylic acids is 1. The monoisotopic (exact) mass is 191 g/mol. The molecule has 0 radical (unpaired) electrons. The number of nitrogens with zero attached hydrogens (tertiary/aromatic N) is 2. The van der Waals surface area contributed by atoms with Crippen LogP contribution in [-0.4, -0.2) is 21.2 Å². The average molecular weight is 191 g/mol. The maximum absolute atomic E-state index is 12.8. The van der Waals surface area contributed by atoms with Gasteiger partial charge in [-0.3, -0.25) is 9.78 Å². The summed E-state index contributed by atoms with van der Waals surface area (Å²) in [5, 5.41) is 0. The van der Waals surface area contributed by atoms with Gasteiger partial charge in [0.15, 0.2) is 6.29 Å². The number of imidazole rings is 1. The number of hydrogen-bond acceptors (Lipinski definition) is 3. The average Bonchev–Trinajstić information content (AvgIpc) is 2.66. The maximum Gasteiger partial charge on any atom is 0.167 e. The van der Waals surface area contributed by atoms with Crippen LogP contribution in [0.1, 0.15) is 10.5 Å². The van der Waals surface area contributed by atoms with Gasteiger partial charge in [0.25, 0.3) is 0 Å². The first-order valence-corrected chi connectivity index (χ1v) is 3.90. The Morgan fingerprint density at radius 2 is 2.21 bits per heavy atom. The van der Waals surface area contributed by atoms with Crippen molar-refractivity contribution < 1.29 is 9.18 Å². The van der Waals surface area contributed by atoms with Crippen molar-refractivity contribution in [1.29, 1.82) is 0 Å². The molecule has 5 heteroatoms. The van der Waals surface area contributed by atoms with E-state index in [2.05, 4.69) is 15.0 Å². The summed E-state index contributed by atoms with van der Waals surface area (Å²) >= 11 is 0. The van der Waals surface area contributed by atoms with Crippen LogP contribution in [0.3, 0.4) is 0 Å². The second-order valence-electron chi connectivity index (χ2n) is 2.70. The normalized spacial score (nSPS) is 10.1. The van der Waals surface area contributed by atoms with Gasteiger partial charge in [-0.2, -0.15) is 0 Å². The molecule has 2 aromatic rings. The highest BCUT2D eigenvalue weighted by Crippen LogP contribution is 2.14. The van der Waals surface area contributed by atoms with Crippen LogP contribution in [-0.2, 0) is 0 Å². The van der Waals surface area contributed by atoms with E-state index in [1.54, 1.807) is 0 Å². The third-order valence-corrected chi connectivity index (χ3v) is 1.70. The van der Waals surface area contributed by atoms with E-state index < -0.39 is 5.82 Å². The van der Waals surface area contributed by atoms with E-state index in [1.807, 2.05) is 0 Å². The van der Waals surface area contributed by atoms with Crippen LogP contribution >= 0.6 is 0 Å². The molecule has 0 aromatic carbocycles. The predicted octanol–water partition coefficient (Wildman–Crippen LogP) is 1.42. The van der Waals surface area contributed by atoms with Crippen molar-refractivity contribution in [2.45, 2.75) is 0 Å². The summed E-state index contributed by atoms with van der Waals surface area (Å²) in [4.78, 5) is 20.7. The molecule has 2 rings (SSSR count). The van der Waals surface area contributed by atoms with Crippen LogP contribution in [0.5, 0.6) is 0 Å². The molecule has 14 heavy (non-hydrogen) atoms. The van der Waals surface area contributed by atoms with E-state index in [0.29, 0.717) is 23.4 Å². The molecule has 2 aromatic heterocycles. The lowest BCUT2D eigenvalue weighted by molar-refractivity contribution is 0.111. The molecule has 4 nitrogen and oxygen atoms in total. The first-order chi connectivity index (χ1) is 6.79. The molecule has 0 aliphatic heterocycles. The molecule has 1 N–H and O–H groups in total. The zero-order valence-corrected chi connectivity index (χ0v) is 7.07. The first-order valence-electron chi connectivity index (χ1n) is 3.90. The third kappa shape index (κ3) is 1.52. The van der Waals surface area contributed by atoms with E-state index in [4.69, 9.17) is 0 Å². The molecule has 0 aliphatic carbocycles. The van der Waals surface area contributed by atoms with E-state index in [1.165, 1.54) is 18.5 Å². The van der Waals surface area contributed by atoms with Gasteiger partial charge in [0, 0.05) is 11.8 Å². The molecule has 0 unspecified atom stereocenters. The molecule has 2 heterocycles. The summed E-state index contributed by atoms with van der Waals surface area (Å²) in [6.45, 7) is 0. The second-order valence-corrected chi connectivity index (χ2v) is 2.70. The lowest BCUT2D eigenvalue weighted by atomic mass is 10.3. The Hall–Kier alpha value is -2.04. The standard InChI is InChI=1S/C9H6FN3O/c10-7-1-6(2-11-3-7)9-12-4-8(5-14)13-9/h1-5H,(H,12,13). The minimum absolute atomic E-state index is 0.351. The Bertz CT molecular complexity index is 467. The van der Waals surface area contributed by atoms with Gasteiger partial charge in [-0.05, 0) is 6.07 Å². The van der Waals surface area contributed by atoms with Gasteiger partial charge < -0.3 is 4.98 Å². The highest BCUT2D eigenvalue weighted by Gasteiger charge is 2.03. The second kappa shape index (κ2) is 3.37. The summed E-state index contributed by atoms with van der Waals surface area (Å²) in [6.07, 6.45) is 4.60. The van der Waals surface area contributed by atoms with Gasteiger partial charge >= 0.3 is 0 Å². The SMILES string of the molecule is O=Cc1cnc(-c2cncc(F)c2)[nH]1. The van der Waals surface area contributed by atoms with Gasteiger partial charge in [0.2, 0.25) is 0 Å². The number of aromatic nitrogens is 3. The number of carbonyl (C=O) groups is 1. The number of aromatic amines is 1. The summed E-state index contributed by atoms with van der Waals surface area (Å²) < 4.78 is 12.8. The number of halogens is 1. The molecule has 0 saturated heterocycles. The number of aldehydes is 1. The van der Waals surface area contributed by atoms with Gasteiger partial charge in [0.1, 0.15) is 11.6 Å². The summed E-state index contributed by atoms with van der Waals surface area (Å²) in [6, 6.07) is 1.29. The Labute approximate surface area is 78.8 Å². The Balaban J connectivity index is 2.43. The molecular weight excluding hydrogens is 185 g/mol. The van der Waals surface area contributed by atoms with Gasteiger partial charge in [-0.1, -0.05) is 0 Å². The maximum atomic E-state index is 12.8. The van der Waals surface area contributed by atoms with E-state index >= 15 is 0 Å². The van der Waals surface area contributed by atoms with Crippen molar-refractivity contribution in [1.82, 2.24) is 15.0 Å². The number of hydrogen-bond donors (Lipinski definition) is 1. The topological polar surface area (TPSA) is 58.6 Å². The lowest BCUT2D eigenvalue weighted by Gasteiger charge is -1.94. The lowest BCUT2D eigenvalue weighted by Crippen LogP contribution is -1.85. The quantitative estimate of drug-likeness (QED) is 0.730. The Kier molecular flexibility index (Phi) is 2.06. The summed E-state index contributed by atoms with van der Waals surface area (Å²) in [5.41, 5.74) is 0.863. The van der Waals surface area contributed by atoms with Gasteiger partial charge in [-0.15, -0.1) is 0 Å². The number of rotatable bonds is 2. The highest BCUT2D eigenvalue weighted by molar-refractivity contribution is 5.73. The van der Waals surface area contributed by atoms with Crippen LogP contribution in [0.2, 0.25) is 0 Å². The fourth-order valence-electron chi connectivity index (χ4n) is 1.08. The van der Waals surface area contributed by atoms with Crippen molar-refractivity contribution in [3.8, 4) is 11.4 Å². The molecule has 0 bridgehead atoms. The Morgan fingerprint density at radius 1 is 1.36 bits per heavy atom. The Morgan fingerprint density at radius 3 is 2.86 bits per heavy atom. The zero-order valence-electron chi connectivity index (χ0n) is 7.07. The fourth-order valence-corrected chi connectivity index (χ4v) is 1.08. The summed E-state index contributed by atoms with van der Waals surface area (Å²) in [5.74, 6) is -0.00865. The van der Waals surface area contributed by atoms with Crippen LogP contribution in [0.25, 0.3) is 11.4 Å². The predicted molar refractivity (Wildman–Crippen MR) is 47.2 cm³/mol. The van der Waals surface area contributed by atoms with Crippen LogP contribution in [0, 0.1) is 5.82 Å². The number of H-pyrrole nitrogens is 1. The molecular formula is C9H6FN3O. The smallest absolute Gasteiger partial charge is 0.167 e. The van der Waals surface area contributed by atoms with Crippen LogP contribution < -0.4 is 0 Å². The molecule has 0 amide bonds. The highest BCUT2D eigenvalue weighted by atomic mass is 19.1. The third-order valence-electron chi connectivity index (χ3n) is 1.70. The van der Waals surface area contributed by atoms with E-state index in [9.17, 15) is 9.18 Å².